The largest absolute Gasteiger partial charge is 0.359 e. The summed E-state index contributed by atoms with van der Waals surface area (Å²) in [4.78, 5) is 0. The molecule has 1 aromatic rings. The maximum Gasteiger partial charge on any atom is 0.171 e. The molecular formula is C10H16N4S. The molecule has 1 aromatic heterocycles. The van der Waals surface area contributed by atoms with Gasteiger partial charge in [0.15, 0.2) is 5.11 Å². The SMILES string of the molecule is C=CCNC(=S)Nc1c(C)nn(C)c1C. The van der Waals surface area contributed by atoms with E-state index in [9.17, 15) is 0 Å². The fourth-order valence-electron chi connectivity index (χ4n) is 1.28. The van der Waals surface area contributed by atoms with Crippen LogP contribution in [0.4, 0.5) is 5.69 Å². The normalized spacial score (nSPS) is 9.80. The van der Waals surface area contributed by atoms with Gasteiger partial charge in [-0.25, -0.2) is 0 Å². The molecule has 2 N–H and O–H groups in total. The van der Waals surface area contributed by atoms with E-state index < -0.39 is 0 Å². The van der Waals surface area contributed by atoms with Crippen molar-refractivity contribution in [2.75, 3.05) is 11.9 Å². The van der Waals surface area contributed by atoms with Gasteiger partial charge in [-0.3, -0.25) is 4.68 Å². The summed E-state index contributed by atoms with van der Waals surface area (Å²) in [6.07, 6.45) is 1.76. The van der Waals surface area contributed by atoms with E-state index >= 15 is 0 Å². The third-order valence-electron chi connectivity index (χ3n) is 2.15. The molecule has 0 atom stereocenters. The molecule has 0 spiro atoms. The van der Waals surface area contributed by atoms with Crippen LogP contribution in [-0.2, 0) is 7.05 Å². The predicted octanol–water partition coefficient (Wildman–Crippen LogP) is 1.51. The van der Waals surface area contributed by atoms with E-state index in [4.69, 9.17) is 12.2 Å². The molecule has 0 saturated heterocycles. The van der Waals surface area contributed by atoms with Gasteiger partial charge < -0.3 is 10.6 Å². The number of nitrogens with zero attached hydrogens (tertiary/aromatic N) is 2. The zero-order chi connectivity index (χ0) is 11.4. The Morgan fingerprint density at radius 2 is 2.27 bits per heavy atom. The van der Waals surface area contributed by atoms with Gasteiger partial charge in [0.2, 0.25) is 0 Å². The highest BCUT2D eigenvalue weighted by molar-refractivity contribution is 7.80. The van der Waals surface area contributed by atoms with Crippen LogP contribution in [0.25, 0.3) is 0 Å². The summed E-state index contributed by atoms with van der Waals surface area (Å²) in [6, 6.07) is 0. The number of hydrogen-bond donors (Lipinski definition) is 2. The van der Waals surface area contributed by atoms with E-state index in [-0.39, 0.29) is 0 Å². The summed E-state index contributed by atoms with van der Waals surface area (Å²) in [7, 11) is 1.91. The van der Waals surface area contributed by atoms with Gasteiger partial charge in [-0.05, 0) is 26.1 Å². The number of aryl methyl sites for hydroxylation is 2. The van der Waals surface area contributed by atoms with Gasteiger partial charge in [-0.15, -0.1) is 6.58 Å². The molecule has 1 rings (SSSR count). The summed E-state index contributed by atoms with van der Waals surface area (Å²) in [5.74, 6) is 0. The van der Waals surface area contributed by atoms with E-state index in [2.05, 4.69) is 22.3 Å². The molecule has 0 saturated carbocycles. The lowest BCUT2D eigenvalue weighted by molar-refractivity contribution is 0.731. The first kappa shape index (κ1) is 11.7. The zero-order valence-corrected chi connectivity index (χ0v) is 10.1. The molecule has 0 aliphatic heterocycles. The molecule has 0 amide bonds. The maximum atomic E-state index is 5.12. The molecule has 0 radical (unpaired) electrons. The molecule has 0 unspecified atom stereocenters. The third kappa shape index (κ3) is 2.79. The maximum absolute atomic E-state index is 5.12. The van der Waals surface area contributed by atoms with Gasteiger partial charge in [0.1, 0.15) is 0 Å². The number of hydrogen-bond acceptors (Lipinski definition) is 2. The minimum Gasteiger partial charge on any atom is -0.359 e. The van der Waals surface area contributed by atoms with Crippen LogP contribution in [0.2, 0.25) is 0 Å². The number of aromatic nitrogens is 2. The summed E-state index contributed by atoms with van der Waals surface area (Å²) in [5.41, 5.74) is 2.98. The highest BCUT2D eigenvalue weighted by atomic mass is 32.1. The average Bonchev–Trinajstić information content (AvgIpc) is 2.42. The van der Waals surface area contributed by atoms with E-state index in [0.29, 0.717) is 11.7 Å². The molecule has 0 fully saturated rings. The van der Waals surface area contributed by atoms with Crippen LogP contribution in [0.3, 0.4) is 0 Å². The Balaban J connectivity index is 2.71. The van der Waals surface area contributed by atoms with Crippen LogP contribution in [-0.4, -0.2) is 21.4 Å². The van der Waals surface area contributed by atoms with Crippen molar-refractivity contribution < 1.29 is 0 Å². The highest BCUT2D eigenvalue weighted by Crippen LogP contribution is 2.17. The van der Waals surface area contributed by atoms with Gasteiger partial charge in [-0.1, -0.05) is 6.08 Å². The van der Waals surface area contributed by atoms with Gasteiger partial charge in [0.25, 0.3) is 0 Å². The van der Waals surface area contributed by atoms with E-state index in [1.54, 1.807) is 6.08 Å². The first-order valence-electron chi connectivity index (χ1n) is 4.72. The molecule has 1 heterocycles. The Morgan fingerprint density at radius 3 is 2.73 bits per heavy atom. The number of anilines is 1. The number of thiocarbonyl (C=S) groups is 1. The topological polar surface area (TPSA) is 41.9 Å². The molecule has 0 aliphatic rings. The smallest absolute Gasteiger partial charge is 0.171 e. The molecule has 15 heavy (non-hydrogen) atoms. The third-order valence-corrected chi connectivity index (χ3v) is 2.40. The fourth-order valence-corrected chi connectivity index (χ4v) is 1.46. The van der Waals surface area contributed by atoms with Crippen molar-refractivity contribution in [3.8, 4) is 0 Å². The fraction of sp³-hybridized carbons (Fsp3) is 0.400. The monoisotopic (exact) mass is 224 g/mol. The van der Waals surface area contributed by atoms with Crippen molar-refractivity contribution in [3.63, 3.8) is 0 Å². The lowest BCUT2D eigenvalue weighted by atomic mass is 10.3. The molecular weight excluding hydrogens is 208 g/mol. The van der Waals surface area contributed by atoms with Crippen LogP contribution < -0.4 is 10.6 Å². The van der Waals surface area contributed by atoms with Crippen LogP contribution in [0.15, 0.2) is 12.7 Å². The first-order chi connectivity index (χ1) is 7.06. The van der Waals surface area contributed by atoms with Crippen LogP contribution in [0.1, 0.15) is 11.4 Å². The Bertz CT molecular complexity index is 381. The predicted molar refractivity (Wildman–Crippen MR) is 67.1 cm³/mol. The minimum atomic E-state index is 0.592. The standard InChI is InChI=1S/C10H16N4S/c1-5-6-11-10(15)12-9-7(2)13-14(4)8(9)3/h5H,1,6H2,2-4H3,(H2,11,12,15). The second-order valence-electron chi connectivity index (χ2n) is 3.29. The van der Waals surface area contributed by atoms with Crippen molar-refractivity contribution >= 4 is 23.0 Å². The quantitative estimate of drug-likeness (QED) is 0.603. The lowest BCUT2D eigenvalue weighted by Gasteiger charge is -2.08. The van der Waals surface area contributed by atoms with E-state index in [1.807, 2.05) is 25.6 Å². The Morgan fingerprint density at radius 1 is 1.60 bits per heavy atom. The van der Waals surface area contributed by atoms with Gasteiger partial charge >= 0.3 is 0 Å². The van der Waals surface area contributed by atoms with Crippen molar-refractivity contribution in [2.45, 2.75) is 13.8 Å². The van der Waals surface area contributed by atoms with Crippen molar-refractivity contribution in [1.82, 2.24) is 15.1 Å². The van der Waals surface area contributed by atoms with Crippen molar-refractivity contribution in [3.05, 3.63) is 24.0 Å². The van der Waals surface area contributed by atoms with Crippen molar-refractivity contribution in [1.29, 1.82) is 0 Å². The zero-order valence-electron chi connectivity index (χ0n) is 9.29. The summed E-state index contributed by atoms with van der Waals surface area (Å²) in [5, 5.41) is 11.0. The number of rotatable bonds is 3. The Kier molecular flexibility index (Phi) is 3.85. The molecule has 5 heteroatoms. The van der Waals surface area contributed by atoms with Crippen molar-refractivity contribution in [2.24, 2.45) is 7.05 Å². The lowest BCUT2D eigenvalue weighted by Crippen LogP contribution is -2.28. The Labute approximate surface area is 95.4 Å². The van der Waals surface area contributed by atoms with E-state index in [0.717, 1.165) is 17.1 Å². The summed E-state index contributed by atoms with van der Waals surface area (Å²) < 4.78 is 1.83. The van der Waals surface area contributed by atoms with E-state index in [1.165, 1.54) is 0 Å². The number of nitrogens with one attached hydrogen (secondary N) is 2. The first-order valence-corrected chi connectivity index (χ1v) is 5.13. The minimum absolute atomic E-state index is 0.592. The molecule has 0 aromatic carbocycles. The van der Waals surface area contributed by atoms with Gasteiger partial charge in [-0.2, -0.15) is 5.10 Å². The second-order valence-corrected chi connectivity index (χ2v) is 3.70. The molecule has 0 aliphatic carbocycles. The summed E-state index contributed by atoms with van der Waals surface area (Å²) >= 11 is 5.12. The molecule has 4 nitrogen and oxygen atoms in total. The van der Waals surface area contributed by atoms with Crippen LogP contribution >= 0.6 is 12.2 Å². The van der Waals surface area contributed by atoms with Crippen LogP contribution in [0, 0.1) is 13.8 Å². The second kappa shape index (κ2) is 4.93. The van der Waals surface area contributed by atoms with Gasteiger partial charge in [0.05, 0.1) is 17.1 Å². The highest BCUT2D eigenvalue weighted by Gasteiger charge is 2.09. The Hall–Kier alpha value is -1.36. The summed E-state index contributed by atoms with van der Waals surface area (Å²) in [6.45, 7) is 8.22. The average molecular weight is 224 g/mol. The molecule has 0 bridgehead atoms. The van der Waals surface area contributed by atoms with Gasteiger partial charge in [0, 0.05) is 13.6 Å². The molecule has 82 valence electrons. The van der Waals surface area contributed by atoms with Crippen LogP contribution in [0.5, 0.6) is 0 Å².